The van der Waals surface area contributed by atoms with Crippen molar-refractivity contribution in [3.05, 3.63) is 36.2 Å². The molecule has 0 saturated heterocycles. The highest BCUT2D eigenvalue weighted by molar-refractivity contribution is 7.85. The van der Waals surface area contributed by atoms with Crippen molar-refractivity contribution >= 4 is 16.2 Å². The molecule has 0 radical (unpaired) electrons. The fourth-order valence-electron chi connectivity index (χ4n) is 1.29. The molecule has 1 heterocycles. The second-order valence-electron chi connectivity index (χ2n) is 3.14. The van der Waals surface area contributed by atoms with Crippen molar-refractivity contribution < 1.29 is 18.4 Å². The number of aromatic nitrogens is 1. The van der Waals surface area contributed by atoms with Crippen LogP contribution in [0, 0.1) is 0 Å². The first-order chi connectivity index (χ1) is 7.03. The van der Waals surface area contributed by atoms with Gasteiger partial charge >= 0.3 is 0 Å². The maximum atomic E-state index is 10.5. The summed E-state index contributed by atoms with van der Waals surface area (Å²) in [7, 11) is -3.86. The van der Waals surface area contributed by atoms with Gasteiger partial charge in [-0.3, -0.25) is 9.54 Å². The van der Waals surface area contributed by atoms with Crippen LogP contribution in [0.15, 0.2) is 24.9 Å². The van der Waals surface area contributed by atoms with Gasteiger partial charge < -0.3 is 5.48 Å². The molecule has 0 fully saturated rings. The predicted octanol–water partition coefficient (Wildman–Crippen LogP) is 0.720. The lowest BCUT2D eigenvalue weighted by Crippen LogP contribution is -2.05. The van der Waals surface area contributed by atoms with Gasteiger partial charge in [0.2, 0.25) is 0 Å². The van der Waals surface area contributed by atoms with Crippen LogP contribution in [-0.4, -0.2) is 29.2 Å². The van der Waals surface area contributed by atoms with Crippen molar-refractivity contribution in [3.8, 4) is 0 Å². The maximum absolute atomic E-state index is 10.5. The van der Waals surface area contributed by atoms with E-state index in [0.29, 0.717) is 12.8 Å². The third-order valence-corrected chi connectivity index (χ3v) is 2.77. The zero-order valence-electron chi connectivity index (χ0n) is 8.76. The number of nitrogens with zero attached hydrogens (tertiary/aromatic N) is 1. The van der Waals surface area contributed by atoms with Gasteiger partial charge in [0.1, 0.15) is 0 Å². The lowest BCUT2D eigenvalue weighted by atomic mass is 10.1. The fraction of sp³-hybridized carbons (Fsp3) is 0.300. The molecular weight excluding hydrogens is 230 g/mol. The molecule has 0 bridgehead atoms. The minimum atomic E-state index is -3.86. The number of hydrogen-bond donors (Lipinski definition) is 1. The highest BCUT2D eigenvalue weighted by atomic mass is 32.2. The third kappa shape index (κ3) is 5.01. The first-order valence-electron chi connectivity index (χ1n) is 4.54. The molecule has 1 aromatic rings. The van der Waals surface area contributed by atoms with Crippen LogP contribution in [0.5, 0.6) is 0 Å². The summed E-state index contributed by atoms with van der Waals surface area (Å²) in [4.78, 5) is 4.08. The number of rotatable bonds is 5. The molecule has 0 amide bonds. The van der Waals surface area contributed by atoms with Gasteiger partial charge in [0, 0.05) is 6.20 Å². The molecule has 0 atom stereocenters. The van der Waals surface area contributed by atoms with Crippen LogP contribution in [0.25, 0.3) is 6.08 Å². The molecule has 1 rings (SSSR count). The molecule has 0 aromatic carbocycles. The van der Waals surface area contributed by atoms with Gasteiger partial charge in [-0.05, 0) is 30.5 Å². The Morgan fingerprint density at radius 3 is 2.75 bits per heavy atom. The molecule has 16 heavy (non-hydrogen) atoms. The normalized spacial score (nSPS) is 10.6. The van der Waals surface area contributed by atoms with Crippen molar-refractivity contribution in [2.24, 2.45) is 0 Å². The molecule has 90 valence electrons. The van der Waals surface area contributed by atoms with E-state index in [1.165, 1.54) is 0 Å². The van der Waals surface area contributed by atoms with E-state index < -0.39 is 10.1 Å². The van der Waals surface area contributed by atoms with E-state index in [4.69, 9.17) is 4.55 Å². The van der Waals surface area contributed by atoms with Crippen LogP contribution in [0.1, 0.15) is 17.7 Å². The Morgan fingerprint density at radius 2 is 2.19 bits per heavy atom. The summed E-state index contributed by atoms with van der Waals surface area (Å²) in [5.41, 5.74) is 1.70. The van der Waals surface area contributed by atoms with Gasteiger partial charge in [-0.2, -0.15) is 8.42 Å². The predicted molar refractivity (Wildman–Crippen MR) is 62.7 cm³/mol. The largest absolute Gasteiger partial charge is 0.412 e. The minimum absolute atomic E-state index is 0. The molecule has 0 saturated carbocycles. The number of aryl methyl sites for hydroxylation is 1. The summed E-state index contributed by atoms with van der Waals surface area (Å²) in [6, 6.07) is 3.66. The molecule has 0 spiro atoms. The van der Waals surface area contributed by atoms with Crippen molar-refractivity contribution in [3.63, 3.8) is 0 Å². The summed E-state index contributed by atoms with van der Waals surface area (Å²) < 4.78 is 29.5. The Hall–Kier alpha value is -1.24. The van der Waals surface area contributed by atoms with Crippen LogP contribution < -0.4 is 0 Å². The van der Waals surface area contributed by atoms with Gasteiger partial charge in [0.05, 0.1) is 11.4 Å². The molecular formula is C10H15NO4S. The molecule has 0 aliphatic heterocycles. The monoisotopic (exact) mass is 245 g/mol. The maximum Gasteiger partial charge on any atom is 0.264 e. The van der Waals surface area contributed by atoms with Crippen molar-refractivity contribution in [2.45, 2.75) is 12.8 Å². The molecule has 5 nitrogen and oxygen atoms in total. The molecule has 6 heteroatoms. The second-order valence-corrected chi connectivity index (χ2v) is 4.71. The van der Waals surface area contributed by atoms with Crippen LogP contribution in [-0.2, 0) is 16.5 Å². The van der Waals surface area contributed by atoms with Crippen LogP contribution >= 0.6 is 0 Å². The van der Waals surface area contributed by atoms with Gasteiger partial charge in [0.25, 0.3) is 10.1 Å². The highest BCUT2D eigenvalue weighted by Gasteiger charge is 2.05. The average molecular weight is 245 g/mol. The quantitative estimate of drug-likeness (QED) is 0.772. The van der Waals surface area contributed by atoms with E-state index in [1.54, 1.807) is 18.3 Å². The molecule has 0 aliphatic rings. The van der Waals surface area contributed by atoms with Gasteiger partial charge in [-0.15, -0.1) is 0 Å². The number of pyridine rings is 1. The summed E-state index contributed by atoms with van der Waals surface area (Å²) in [6.45, 7) is 3.62. The van der Waals surface area contributed by atoms with E-state index in [9.17, 15) is 8.42 Å². The topological polar surface area (TPSA) is 98.8 Å². The smallest absolute Gasteiger partial charge is 0.264 e. The van der Waals surface area contributed by atoms with Crippen molar-refractivity contribution in [1.29, 1.82) is 0 Å². The van der Waals surface area contributed by atoms with Crippen LogP contribution in [0.4, 0.5) is 0 Å². The van der Waals surface area contributed by atoms with E-state index in [0.717, 1.165) is 11.3 Å². The molecule has 0 unspecified atom stereocenters. The van der Waals surface area contributed by atoms with E-state index in [1.807, 2.05) is 6.07 Å². The Labute approximate surface area is 94.9 Å². The van der Waals surface area contributed by atoms with Crippen LogP contribution in [0.2, 0.25) is 0 Å². The second kappa shape index (κ2) is 6.37. The van der Waals surface area contributed by atoms with E-state index in [2.05, 4.69) is 11.6 Å². The highest BCUT2D eigenvalue weighted by Crippen LogP contribution is 2.09. The van der Waals surface area contributed by atoms with Gasteiger partial charge in [-0.1, -0.05) is 12.6 Å². The summed E-state index contributed by atoms with van der Waals surface area (Å²) >= 11 is 0. The first-order valence-corrected chi connectivity index (χ1v) is 6.15. The zero-order valence-corrected chi connectivity index (χ0v) is 9.57. The van der Waals surface area contributed by atoms with Gasteiger partial charge in [0.15, 0.2) is 0 Å². The van der Waals surface area contributed by atoms with E-state index >= 15 is 0 Å². The third-order valence-electron chi connectivity index (χ3n) is 1.97. The lowest BCUT2D eigenvalue weighted by molar-refractivity contribution is 0.481. The summed E-state index contributed by atoms with van der Waals surface area (Å²) in [5.74, 6) is -0.224. The van der Waals surface area contributed by atoms with Crippen molar-refractivity contribution in [2.75, 3.05) is 5.75 Å². The summed E-state index contributed by atoms with van der Waals surface area (Å²) in [6.07, 6.45) is 4.23. The minimum Gasteiger partial charge on any atom is -0.412 e. The first kappa shape index (κ1) is 14.8. The summed E-state index contributed by atoms with van der Waals surface area (Å²) in [5, 5.41) is 0. The Morgan fingerprint density at radius 1 is 1.50 bits per heavy atom. The zero-order chi connectivity index (χ0) is 11.3. The lowest BCUT2D eigenvalue weighted by Gasteiger charge is -2.03. The van der Waals surface area contributed by atoms with Gasteiger partial charge in [-0.25, -0.2) is 0 Å². The Kier molecular flexibility index (Phi) is 5.87. The van der Waals surface area contributed by atoms with E-state index in [-0.39, 0.29) is 11.2 Å². The van der Waals surface area contributed by atoms with Crippen LogP contribution in [0.3, 0.4) is 0 Å². The standard InChI is InChI=1S/C10H13NO3S.H2O/c1-2-10-9(5-3-7-11-10)6-4-8-15(12,13)14;/h2-3,5,7H,1,4,6,8H2,(H,12,13,14);1H2. The molecule has 1 aromatic heterocycles. The molecule has 3 N–H and O–H groups in total. The Balaban J connectivity index is 0.00000225. The SMILES string of the molecule is C=Cc1ncccc1CCCS(=O)(=O)O.O. The Bertz CT molecular complexity index is 442. The average Bonchev–Trinajstić information content (AvgIpc) is 2.16. The fourth-order valence-corrected chi connectivity index (χ4v) is 1.80. The number of hydrogen-bond acceptors (Lipinski definition) is 3. The molecule has 0 aliphatic carbocycles. The van der Waals surface area contributed by atoms with Crippen molar-refractivity contribution in [1.82, 2.24) is 4.98 Å².